The van der Waals surface area contributed by atoms with Crippen molar-refractivity contribution in [2.45, 2.75) is 33.1 Å². The molecule has 0 aromatic rings. The molecule has 0 aliphatic carbocycles. The summed E-state index contributed by atoms with van der Waals surface area (Å²) in [6.07, 6.45) is 3.28. The fraction of sp³-hybridized carbons (Fsp3) is 0.857. The van der Waals surface area contributed by atoms with Gasteiger partial charge in [-0.3, -0.25) is 4.79 Å². The average molecular weight is 146 g/mol. The average Bonchev–Trinajstić information content (AvgIpc) is 1.82. The number of hydrogen-bond acceptors (Lipinski definition) is 1. The molecule has 9 heavy (non-hydrogen) atoms. The Balaban J connectivity index is 3.27. The topological polar surface area (TPSA) is 17.1 Å². The predicted octanol–water partition coefficient (Wildman–Crippen LogP) is 2.27. The molecule has 1 nitrogen and oxygen atoms in total. The summed E-state index contributed by atoms with van der Waals surface area (Å²) >= 11 is 3.73. The first kappa shape index (κ1) is 9.02. The van der Waals surface area contributed by atoms with Gasteiger partial charge in [0.05, 0.1) is 0 Å². The van der Waals surface area contributed by atoms with Gasteiger partial charge in [0, 0.05) is 5.92 Å². The summed E-state index contributed by atoms with van der Waals surface area (Å²) in [5.41, 5.74) is 0. The van der Waals surface area contributed by atoms with Crippen LogP contribution in [0.25, 0.3) is 0 Å². The Kier molecular flexibility index (Phi) is 4.87. The second-order valence-electron chi connectivity index (χ2n) is 2.38. The fourth-order valence-corrected chi connectivity index (χ4v) is 0.763. The van der Waals surface area contributed by atoms with Crippen molar-refractivity contribution in [1.82, 2.24) is 0 Å². The minimum absolute atomic E-state index is 0.0171. The van der Waals surface area contributed by atoms with Crippen molar-refractivity contribution in [1.29, 1.82) is 0 Å². The maximum absolute atomic E-state index is 10.5. The van der Waals surface area contributed by atoms with Gasteiger partial charge in [0.25, 0.3) is 0 Å². The number of thiol groups is 1. The molecular weight excluding hydrogens is 132 g/mol. The minimum atomic E-state index is 0.0171. The van der Waals surface area contributed by atoms with E-state index in [0.29, 0.717) is 0 Å². The van der Waals surface area contributed by atoms with Crippen LogP contribution in [0.15, 0.2) is 0 Å². The number of rotatable bonds is 4. The van der Waals surface area contributed by atoms with E-state index in [1.54, 1.807) is 0 Å². The summed E-state index contributed by atoms with van der Waals surface area (Å²) in [6, 6.07) is 0. The van der Waals surface area contributed by atoms with Crippen molar-refractivity contribution in [3.05, 3.63) is 0 Å². The molecule has 2 heteroatoms. The highest BCUT2D eigenvalue weighted by Gasteiger charge is 2.05. The van der Waals surface area contributed by atoms with Gasteiger partial charge in [-0.2, -0.15) is 0 Å². The summed E-state index contributed by atoms with van der Waals surface area (Å²) < 4.78 is 0. The number of hydrogen-bond donors (Lipinski definition) is 1. The van der Waals surface area contributed by atoms with E-state index in [4.69, 9.17) is 0 Å². The van der Waals surface area contributed by atoms with E-state index in [2.05, 4.69) is 19.6 Å². The van der Waals surface area contributed by atoms with Gasteiger partial charge >= 0.3 is 0 Å². The first-order valence-corrected chi connectivity index (χ1v) is 3.86. The number of unbranched alkanes of at least 4 members (excludes halogenated alkanes) is 1. The van der Waals surface area contributed by atoms with Crippen LogP contribution in [-0.4, -0.2) is 5.12 Å². The summed E-state index contributed by atoms with van der Waals surface area (Å²) in [7, 11) is 0. The van der Waals surface area contributed by atoms with Gasteiger partial charge in [-0.1, -0.05) is 26.7 Å². The first-order chi connectivity index (χ1) is 4.18. The van der Waals surface area contributed by atoms with Crippen LogP contribution in [0.5, 0.6) is 0 Å². The molecule has 0 spiro atoms. The smallest absolute Gasteiger partial charge is 0.188 e. The van der Waals surface area contributed by atoms with Crippen LogP contribution in [0.3, 0.4) is 0 Å². The molecule has 1 atom stereocenters. The predicted molar refractivity (Wildman–Crippen MR) is 42.7 cm³/mol. The van der Waals surface area contributed by atoms with Crippen LogP contribution in [0.1, 0.15) is 33.1 Å². The van der Waals surface area contributed by atoms with Crippen LogP contribution < -0.4 is 0 Å². The van der Waals surface area contributed by atoms with Gasteiger partial charge in [0.2, 0.25) is 0 Å². The third kappa shape index (κ3) is 4.52. The summed E-state index contributed by atoms with van der Waals surface area (Å²) in [5.74, 6) is 0.147. The maximum atomic E-state index is 10.5. The maximum Gasteiger partial charge on any atom is 0.188 e. The van der Waals surface area contributed by atoms with Crippen LogP contribution >= 0.6 is 12.6 Å². The van der Waals surface area contributed by atoms with E-state index in [0.717, 1.165) is 19.3 Å². The standard InChI is InChI=1S/C7H14OS/c1-3-4-5-6(2)7(8)9/h6H,3-5H2,1-2H3,(H,8,9). The Labute approximate surface area is 62.2 Å². The van der Waals surface area contributed by atoms with E-state index in [1.807, 2.05) is 6.92 Å². The molecule has 0 aliphatic heterocycles. The van der Waals surface area contributed by atoms with Crippen molar-refractivity contribution in [2.24, 2.45) is 5.92 Å². The lowest BCUT2D eigenvalue weighted by Gasteiger charge is -2.02. The Bertz CT molecular complexity index is 90.9. The Morgan fingerprint density at radius 1 is 1.67 bits per heavy atom. The van der Waals surface area contributed by atoms with Crippen molar-refractivity contribution in [2.75, 3.05) is 0 Å². The van der Waals surface area contributed by atoms with Crippen LogP contribution in [-0.2, 0) is 4.79 Å². The molecule has 0 saturated heterocycles. The summed E-state index contributed by atoms with van der Waals surface area (Å²) in [4.78, 5) is 10.5. The molecule has 0 aliphatic rings. The van der Waals surface area contributed by atoms with Crippen LogP contribution in [0.4, 0.5) is 0 Å². The van der Waals surface area contributed by atoms with Crippen LogP contribution in [0, 0.1) is 5.92 Å². The summed E-state index contributed by atoms with van der Waals surface area (Å²) in [6.45, 7) is 4.04. The highest BCUT2D eigenvalue weighted by molar-refractivity contribution is 7.96. The Morgan fingerprint density at radius 3 is 2.56 bits per heavy atom. The zero-order valence-corrected chi connectivity index (χ0v) is 6.95. The Morgan fingerprint density at radius 2 is 2.22 bits per heavy atom. The van der Waals surface area contributed by atoms with Crippen molar-refractivity contribution in [3.63, 3.8) is 0 Å². The monoisotopic (exact) mass is 146 g/mol. The third-order valence-electron chi connectivity index (χ3n) is 1.41. The SMILES string of the molecule is CCCCC(C)C(=O)S. The lowest BCUT2D eigenvalue weighted by atomic mass is 10.1. The second-order valence-corrected chi connectivity index (χ2v) is 2.82. The van der Waals surface area contributed by atoms with E-state index in [9.17, 15) is 4.79 Å². The van der Waals surface area contributed by atoms with E-state index < -0.39 is 0 Å². The number of carbonyl (C=O) groups excluding carboxylic acids is 1. The van der Waals surface area contributed by atoms with Gasteiger partial charge in [-0.05, 0) is 6.42 Å². The van der Waals surface area contributed by atoms with E-state index in [1.165, 1.54) is 0 Å². The van der Waals surface area contributed by atoms with Crippen molar-refractivity contribution < 1.29 is 4.79 Å². The normalized spacial score (nSPS) is 13.2. The lowest BCUT2D eigenvalue weighted by Crippen LogP contribution is -2.02. The van der Waals surface area contributed by atoms with E-state index in [-0.39, 0.29) is 11.0 Å². The minimum Gasteiger partial charge on any atom is -0.287 e. The fourth-order valence-electron chi connectivity index (χ4n) is 0.634. The quantitative estimate of drug-likeness (QED) is 0.602. The molecule has 0 rings (SSSR count). The molecule has 0 saturated carbocycles. The highest BCUT2D eigenvalue weighted by atomic mass is 32.1. The molecule has 54 valence electrons. The molecule has 0 amide bonds. The molecule has 0 fully saturated rings. The van der Waals surface area contributed by atoms with Gasteiger partial charge < -0.3 is 0 Å². The Hall–Kier alpha value is 0.0200. The van der Waals surface area contributed by atoms with Crippen molar-refractivity contribution in [3.8, 4) is 0 Å². The van der Waals surface area contributed by atoms with Crippen molar-refractivity contribution >= 4 is 17.7 Å². The summed E-state index contributed by atoms with van der Waals surface area (Å²) in [5, 5.41) is 0.0171. The molecule has 0 aromatic heterocycles. The first-order valence-electron chi connectivity index (χ1n) is 3.41. The number of carbonyl (C=O) groups is 1. The van der Waals surface area contributed by atoms with Gasteiger partial charge in [-0.15, -0.1) is 12.6 Å². The molecule has 0 bridgehead atoms. The van der Waals surface area contributed by atoms with Gasteiger partial charge in [0.15, 0.2) is 5.12 Å². The van der Waals surface area contributed by atoms with Crippen LogP contribution in [0.2, 0.25) is 0 Å². The molecule has 1 unspecified atom stereocenters. The molecule has 0 radical (unpaired) electrons. The second kappa shape index (κ2) is 4.86. The van der Waals surface area contributed by atoms with Gasteiger partial charge in [-0.25, -0.2) is 0 Å². The molecule has 0 aromatic carbocycles. The molecular formula is C7H14OS. The lowest BCUT2D eigenvalue weighted by molar-refractivity contribution is -0.113. The highest BCUT2D eigenvalue weighted by Crippen LogP contribution is 2.09. The van der Waals surface area contributed by atoms with Gasteiger partial charge in [0.1, 0.15) is 0 Å². The molecule has 0 N–H and O–H groups in total. The van der Waals surface area contributed by atoms with E-state index >= 15 is 0 Å². The largest absolute Gasteiger partial charge is 0.287 e. The zero-order valence-electron chi connectivity index (χ0n) is 6.05. The molecule has 0 heterocycles. The zero-order chi connectivity index (χ0) is 7.28. The third-order valence-corrected chi connectivity index (χ3v) is 1.85.